The molecule has 1 saturated heterocycles. The fourth-order valence-corrected chi connectivity index (χ4v) is 4.57. The van der Waals surface area contributed by atoms with Gasteiger partial charge in [0.05, 0.1) is 20.2 Å². The van der Waals surface area contributed by atoms with Gasteiger partial charge in [0, 0.05) is 19.3 Å². The van der Waals surface area contributed by atoms with E-state index in [-0.39, 0.29) is 18.2 Å². The molecule has 0 saturated carbocycles. The van der Waals surface area contributed by atoms with Crippen LogP contribution in [0.4, 0.5) is 0 Å². The van der Waals surface area contributed by atoms with E-state index < -0.39 is 5.60 Å². The van der Waals surface area contributed by atoms with E-state index >= 15 is 0 Å². The maximum Gasteiger partial charge on any atom is 0.345 e. The molecule has 9 nitrogen and oxygen atoms in total. The third-order valence-electron chi connectivity index (χ3n) is 6.08. The van der Waals surface area contributed by atoms with Crippen molar-refractivity contribution >= 4 is 5.91 Å². The van der Waals surface area contributed by atoms with E-state index in [4.69, 9.17) is 9.47 Å². The molecule has 5 rings (SSSR count). The zero-order chi connectivity index (χ0) is 19.5. The van der Waals surface area contributed by atoms with Crippen LogP contribution in [-0.2, 0) is 37.8 Å². The molecule has 3 aliphatic rings. The smallest absolute Gasteiger partial charge is 0.345 e. The van der Waals surface area contributed by atoms with Gasteiger partial charge in [-0.2, -0.15) is 5.10 Å². The van der Waals surface area contributed by atoms with Gasteiger partial charge in [0.25, 0.3) is 5.91 Å². The van der Waals surface area contributed by atoms with Gasteiger partial charge < -0.3 is 14.4 Å². The molecule has 0 aromatic carbocycles. The number of carbonyl (C=O) groups is 1. The third-order valence-corrected chi connectivity index (χ3v) is 6.08. The van der Waals surface area contributed by atoms with E-state index in [1.165, 1.54) is 4.68 Å². The molecule has 2 aromatic heterocycles. The summed E-state index contributed by atoms with van der Waals surface area (Å²) in [6.07, 6.45) is 3.63. The highest BCUT2D eigenvalue weighted by molar-refractivity contribution is 5.97. The van der Waals surface area contributed by atoms with Crippen LogP contribution < -0.4 is 10.4 Å². The Balaban J connectivity index is 1.40. The predicted octanol–water partition coefficient (Wildman–Crippen LogP) is 0.289. The lowest BCUT2D eigenvalue weighted by atomic mass is 10.0. The molecule has 1 fully saturated rings. The minimum atomic E-state index is -0.549. The summed E-state index contributed by atoms with van der Waals surface area (Å²) >= 11 is 0. The fraction of sp³-hybridized carbons (Fsp3) is 0.579. The topological polar surface area (TPSA) is 91.5 Å². The number of hydrogen-bond acceptors (Lipinski definition) is 6. The molecule has 2 aliphatic heterocycles. The second-order valence-electron chi connectivity index (χ2n) is 7.86. The Hall–Kier alpha value is -2.68. The van der Waals surface area contributed by atoms with Gasteiger partial charge in [-0.3, -0.25) is 9.36 Å². The van der Waals surface area contributed by atoms with Gasteiger partial charge in [0.2, 0.25) is 5.88 Å². The molecule has 0 bridgehead atoms. The number of aryl methyl sites for hydroxylation is 3. The van der Waals surface area contributed by atoms with Gasteiger partial charge in [-0.25, -0.2) is 14.5 Å². The number of ether oxygens (including phenoxy) is 2. The van der Waals surface area contributed by atoms with Crippen molar-refractivity contribution in [3.63, 3.8) is 0 Å². The van der Waals surface area contributed by atoms with Crippen LogP contribution in [0.15, 0.2) is 10.9 Å². The summed E-state index contributed by atoms with van der Waals surface area (Å²) in [4.78, 5) is 31.9. The largest absolute Gasteiger partial charge is 0.480 e. The monoisotopic (exact) mass is 385 g/mol. The molecule has 4 heterocycles. The van der Waals surface area contributed by atoms with Gasteiger partial charge >= 0.3 is 5.69 Å². The van der Waals surface area contributed by atoms with Crippen molar-refractivity contribution in [1.29, 1.82) is 0 Å². The first-order chi connectivity index (χ1) is 13.5. The van der Waals surface area contributed by atoms with Gasteiger partial charge in [-0.15, -0.1) is 0 Å². The Labute approximate surface area is 161 Å². The van der Waals surface area contributed by atoms with Gasteiger partial charge in [0.1, 0.15) is 17.8 Å². The molecule has 1 amide bonds. The van der Waals surface area contributed by atoms with E-state index in [1.807, 2.05) is 6.07 Å². The van der Waals surface area contributed by atoms with Crippen LogP contribution >= 0.6 is 0 Å². The number of amides is 1. The lowest BCUT2D eigenvalue weighted by Crippen LogP contribution is -2.47. The van der Waals surface area contributed by atoms with Crippen LogP contribution in [0.25, 0.3) is 0 Å². The van der Waals surface area contributed by atoms with Crippen LogP contribution in [0.2, 0.25) is 0 Å². The lowest BCUT2D eigenvalue weighted by Gasteiger charge is -2.33. The van der Waals surface area contributed by atoms with E-state index in [0.717, 1.165) is 30.5 Å². The lowest BCUT2D eigenvalue weighted by molar-refractivity contribution is -0.0816. The molecule has 2 aromatic rings. The number of likely N-dealkylation sites (tertiary alicyclic amines) is 1. The van der Waals surface area contributed by atoms with Crippen LogP contribution in [0, 0.1) is 0 Å². The first-order valence-corrected chi connectivity index (χ1v) is 9.62. The first kappa shape index (κ1) is 17.4. The van der Waals surface area contributed by atoms with Gasteiger partial charge in [-0.1, -0.05) is 0 Å². The minimum Gasteiger partial charge on any atom is -0.480 e. The van der Waals surface area contributed by atoms with E-state index in [9.17, 15) is 9.59 Å². The van der Waals surface area contributed by atoms with Crippen LogP contribution in [0.1, 0.15) is 40.3 Å². The molecule has 1 atom stereocenters. The van der Waals surface area contributed by atoms with Crippen molar-refractivity contribution < 1.29 is 14.3 Å². The Bertz CT molecular complexity index is 1030. The molecule has 28 heavy (non-hydrogen) atoms. The van der Waals surface area contributed by atoms with Crippen molar-refractivity contribution in [2.24, 2.45) is 7.05 Å². The highest BCUT2D eigenvalue weighted by Gasteiger charge is 2.45. The van der Waals surface area contributed by atoms with Crippen molar-refractivity contribution in [2.45, 2.75) is 44.4 Å². The summed E-state index contributed by atoms with van der Waals surface area (Å²) in [5.41, 5.74) is 1.98. The normalized spacial score (nSPS) is 23.1. The van der Waals surface area contributed by atoms with Gasteiger partial charge in [0.15, 0.2) is 5.82 Å². The number of methoxy groups -OCH3 is 1. The maximum absolute atomic E-state index is 13.2. The molecule has 1 aliphatic carbocycles. The van der Waals surface area contributed by atoms with Crippen LogP contribution in [-0.4, -0.2) is 55.9 Å². The van der Waals surface area contributed by atoms with Crippen molar-refractivity contribution in [2.75, 3.05) is 20.2 Å². The fourth-order valence-electron chi connectivity index (χ4n) is 4.57. The number of pyridine rings is 1. The van der Waals surface area contributed by atoms with Crippen molar-refractivity contribution in [1.82, 2.24) is 24.2 Å². The Kier molecular flexibility index (Phi) is 3.84. The molecule has 0 N–H and O–H groups in total. The van der Waals surface area contributed by atoms with Crippen LogP contribution in [0.3, 0.4) is 0 Å². The average molecular weight is 385 g/mol. The average Bonchev–Trinajstić information content (AvgIpc) is 3.40. The number of fused-ring (bicyclic) bond motifs is 2. The summed E-state index contributed by atoms with van der Waals surface area (Å²) in [5.74, 6) is 0.929. The third kappa shape index (κ3) is 2.56. The van der Waals surface area contributed by atoms with Crippen molar-refractivity contribution in [3.8, 4) is 5.88 Å². The quantitative estimate of drug-likeness (QED) is 0.738. The second-order valence-corrected chi connectivity index (χ2v) is 7.86. The molecular weight excluding hydrogens is 362 g/mol. The summed E-state index contributed by atoms with van der Waals surface area (Å²) < 4.78 is 14.5. The zero-order valence-electron chi connectivity index (χ0n) is 16.1. The minimum absolute atomic E-state index is 0.0937. The summed E-state index contributed by atoms with van der Waals surface area (Å²) in [6.45, 7) is 1.70. The Morgan fingerprint density at radius 2 is 2.18 bits per heavy atom. The molecule has 148 valence electrons. The molecule has 9 heteroatoms. The van der Waals surface area contributed by atoms with E-state index in [1.54, 1.807) is 23.6 Å². The summed E-state index contributed by atoms with van der Waals surface area (Å²) in [6, 6.07) is 1.94. The number of aromatic nitrogens is 4. The maximum atomic E-state index is 13.2. The first-order valence-electron chi connectivity index (χ1n) is 9.62. The number of nitrogens with zero attached hydrogens (tertiary/aromatic N) is 5. The van der Waals surface area contributed by atoms with E-state index in [0.29, 0.717) is 43.3 Å². The molecule has 0 radical (unpaired) electrons. The number of hydrogen-bond donors (Lipinski definition) is 0. The molecular formula is C19H23N5O4. The highest BCUT2D eigenvalue weighted by atomic mass is 16.5. The Morgan fingerprint density at radius 1 is 1.32 bits per heavy atom. The number of carbonyl (C=O) groups excluding carboxylic acids is 1. The predicted molar refractivity (Wildman–Crippen MR) is 98.3 cm³/mol. The summed E-state index contributed by atoms with van der Waals surface area (Å²) in [5, 5.41) is 4.20. The second kappa shape index (κ2) is 6.16. The summed E-state index contributed by atoms with van der Waals surface area (Å²) in [7, 11) is 3.18. The van der Waals surface area contributed by atoms with Crippen molar-refractivity contribution in [3.05, 3.63) is 39.2 Å². The number of rotatable bonds is 2. The van der Waals surface area contributed by atoms with Gasteiger partial charge in [-0.05, 0) is 37.3 Å². The SMILES string of the molecule is COc1nc2c(cc1C(=O)N1CCC3(C1)Cn1c(nn(C)c1=O)CO3)CCC2. The standard InChI is InChI=1S/C19H23N5O4/c1-22-18(26)24-11-19(28-9-15(24)21-22)6-7-23(10-19)17(25)13-8-12-4-3-5-14(12)20-16(13)27-2/h8H,3-7,9-11H2,1-2H3. The van der Waals surface area contributed by atoms with Crippen LogP contribution in [0.5, 0.6) is 5.88 Å². The Morgan fingerprint density at radius 3 is 3.00 bits per heavy atom. The molecule has 1 spiro atoms. The van der Waals surface area contributed by atoms with E-state index in [2.05, 4.69) is 10.1 Å². The highest BCUT2D eigenvalue weighted by Crippen LogP contribution is 2.34. The molecule has 1 unspecified atom stereocenters. The zero-order valence-corrected chi connectivity index (χ0v) is 16.1.